The number of hydrogen-bond donors (Lipinski definition) is 2. The SMILES string of the molecule is CCC(NS(=O)(=O)c1nnc(NC(=O)C(C)C)s1)c1ccc(S(C)(=O)=O)cc1. The lowest BCUT2D eigenvalue weighted by Crippen LogP contribution is -2.28. The van der Waals surface area contributed by atoms with E-state index in [4.69, 9.17) is 0 Å². The number of carbonyl (C=O) groups is 1. The number of carbonyl (C=O) groups excluding carboxylic acids is 1. The number of sulfone groups is 1. The molecular weight excluding hydrogens is 424 g/mol. The molecule has 2 N–H and O–H groups in total. The summed E-state index contributed by atoms with van der Waals surface area (Å²) in [5.41, 5.74) is 0.622. The minimum absolute atomic E-state index is 0.102. The monoisotopic (exact) mass is 446 g/mol. The Labute approximate surface area is 168 Å². The Balaban J connectivity index is 2.19. The van der Waals surface area contributed by atoms with Gasteiger partial charge in [0.1, 0.15) is 0 Å². The third-order valence-corrected chi connectivity index (χ3v) is 7.61. The van der Waals surface area contributed by atoms with E-state index in [1.165, 1.54) is 12.1 Å². The number of amides is 1. The van der Waals surface area contributed by atoms with Crippen LogP contribution in [-0.4, -0.2) is 39.2 Å². The highest BCUT2D eigenvalue weighted by Crippen LogP contribution is 2.25. The second-order valence-corrected chi connectivity index (χ2v) is 11.3. The number of nitrogens with zero attached hydrogens (tertiary/aromatic N) is 2. The number of benzene rings is 1. The van der Waals surface area contributed by atoms with Gasteiger partial charge >= 0.3 is 0 Å². The summed E-state index contributed by atoms with van der Waals surface area (Å²) in [7, 11) is -7.30. The second kappa shape index (κ2) is 8.64. The topological polar surface area (TPSA) is 135 Å². The van der Waals surface area contributed by atoms with Gasteiger partial charge in [0.2, 0.25) is 15.4 Å². The summed E-state index contributed by atoms with van der Waals surface area (Å²) < 4.78 is 50.6. The summed E-state index contributed by atoms with van der Waals surface area (Å²) in [6.45, 7) is 5.21. The smallest absolute Gasteiger partial charge is 0.270 e. The van der Waals surface area contributed by atoms with E-state index in [9.17, 15) is 21.6 Å². The molecule has 28 heavy (non-hydrogen) atoms. The molecular formula is C16H22N4O5S3. The summed E-state index contributed by atoms with van der Waals surface area (Å²) in [4.78, 5) is 11.9. The fourth-order valence-corrected chi connectivity index (χ4v) is 5.05. The average Bonchev–Trinajstić information content (AvgIpc) is 3.08. The summed E-state index contributed by atoms with van der Waals surface area (Å²) in [6.07, 6.45) is 1.54. The first-order valence-electron chi connectivity index (χ1n) is 8.40. The van der Waals surface area contributed by atoms with E-state index in [0.717, 1.165) is 17.6 Å². The van der Waals surface area contributed by atoms with Gasteiger partial charge in [0, 0.05) is 18.2 Å². The minimum Gasteiger partial charge on any atom is -0.300 e. The molecule has 1 aromatic carbocycles. The summed E-state index contributed by atoms with van der Waals surface area (Å²) in [5, 5.41) is 9.96. The van der Waals surface area contributed by atoms with E-state index in [1.807, 2.05) is 0 Å². The van der Waals surface area contributed by atoms with Crippen molar-refractivity contribution in [1.82, 2.24) is 14.9 Å². The maximum absolute atomic E-state index is 12.6. The van der Waals surface area contributed by atoms with Gasteiger partial charge in [-0.2, -0.15) is 0 Å². The maximum Gasteiger partial charge on any atom is 0.270 e. The molecule has 0 bridgehead atoms. The van der Waals surface area contributed by atoms with Crippen LogP contribution in [0.15, 0.2) is 33.5 Å². The zero-order chi connectivity index (χ0) is 21.1. The van der Waals surface area contributed by atoms with Gasteiger partial charge in [0.05, 0.1) is 4.90 Å². The van der Waals surface area contributed by atoms with Crippen LogP contribution in [-0.2, 0) is 24.7 Å². The van der Waals surface area contributed by atoms with Crippen molar-refractivity contribution in [1.29, 1.82) is 0 Å². The van der Waals surface area contributed by atoms with E-state index in [1.54, 1.807) is 32.9 Å². The van der Waals surface area contributed by atoms with Crippen molar-refractivity contribution in [3.05, 3.63) is 29.8 Å². The molecule has 154 valence electrons. The van der Waals surface area contributed by atoms with Gasteiger partial charge in [-0.3, -0.25) is 4.79 Å². The average molecular weight is 447 g/mol. The Kier molecular flexibility index (Phi) is 6.91. The number of sulfonamides is 1. The van der Waals surface area contributed by atoms with Crippen LogP contribution in [0.4, 0.5) is 5.13 Å². The van der Waals surface area contributed by atoms with E-state index < -0.39 is 25.9 Å². The van der Waals surface area contributed by atoms with Gasteiger partial charge in [-0.1, -0.05) is 44.2 Å². The van der Waals surface area contributed by atoms with Crippen molar-refractivity contribution < 1.29 is 21.6 Å². The van der Waals surface area contributed by atoms with Crippen LogP contribution in [0.5, 0.6) is 0 Å². The summed E-state index contributed by atoms with van der Waals surface area (Å²) in [5.74, 6) is -0.563. The second-order valence-electron chi connectivity index (χ2n) is 6.44. The molecule has 0 aliphatic heterocycles. The van der Waals surface area contributed by atoms with E-state index in [2.05, 4.69) is 20.2 Å². The highest BCUT2D eigenvalue weighted by Gasteiger charge is 2.25. The fraction of sp³-hybridized carbons (Fsp3) is 0.438. The molecule has 2 rings (SSSR count). The molecule has 0 aliphatic rings. The van der Waals surface area contributed by atoms with Crippen LogP contribution < -0.4 is 10.0 Å². The third-order valence-electron chi connectivity index (χ3n) is 3.81. The van der Waals surface area contributed by atoms with Crippen molar-refractivity contribution in [3.8, 4) is 0 Å². The van der Waals surface area contributed by atoms with Crippen LogP contribution in [0, 0.1) is 5.92 Å². The molecule has 12 heteroatoms. The Bertz CT molecular complexity index is 1040. The molecule has 9 nitrogen and oxygen atoms in total. The molecule has 1 aromatic heterocycles. The molecule has 0 spiro atoms. The fourth-order valence-electron chi connectivity index (χ4n) is 2.19. The summed E-state index contributed by atoms with van der Waals surface area (Å²) in [6, 6.07) is 5.44. The molecule has 0 radical (unpaired) electrons. The molecule has 1 heterocycles. The van der Waals surface area contributed by atoms with Crippen LogP contribution in [0.25, 0.3) is 0 Å². The van der Waals surface area contributed by atoms with Gasteiger partial charge in [-0.25, -0.2) is 21.6 Å². The first-order chi connectivity index (χ1) is 12.9. The van der Waals surface area contributed by atoms with Crippen LogP contribution >= 0.6 is 11.3 Å². The molecule has 0 saturated carbocycles. The molecule has 1 unspecified atom stereocenters. The van der Waals surface area contributed by atoms with E-state index in [-0.39, 0.29) is 26.2 Å². The van der Waals surface area contributed by atoms with E-state index in [0.29, 0.717) is 12.0 Å². The van der Waals surface area contributed by atoms with E-state index >= 15 is 0 Å². The maximum atomic E-state index is 12.6. The largest absolute Gasteiger partial charge is 0.300 e. The van der Waals surface area contributed by atoms with Gasteiger partial charge in [-0.15, -0.1) is 10.2 Å². The molecule has 1 atom stereocenters. The lowest BCUT2D eigenvalue weighted by Gasteiger charge is -2.16. The van der Waals surface area contributed by atoms with Crippen LogP contribution in [0.2, 0.25) is 0 Å². The van der Waals surface area contributed by atoms with Gasteiger partial charge < -0.3 is 5.32 Å². The number of aromatic nitrogens is 2. The Morgan fingerprint density at radius 1 is 1.11 bits per heavy atom. The van der Waals surface area contributed by atoms with Crippen molar-refractivity contribution in [2.75, 3.05) is 11.6 Å². The van der Waals surface area contributed by atoms with Gasteiger partial charge in [-0.05, 0) is 24.1 Å². The first-order valence-corrected chi connectivity index (χ1v) is 12.6. The lowest BCUT2D eigenvalue weighted by molar-refractivity contribution is -0.118. The zero-order valence-electron chi connectivity index (χ0n) is 15.8. The molecule has 0 saturated heterocycles. The standard InChI is InChI=1S/C16H22N4O5S3/c1-5-13(11-6-8-12(9-7-11)27(4,22)23)20-28(24,25)16-19-18-15(26-16)17-14(21)10(2)3/h6-10,13,20H,5H2,1-4H3,(H,17,18,21). The van der Waals surface area contributed by atoms with Crippen LogP contribution in [0.3, 0.4) is 0 Å². The predicted molar refractivity (Wildman–Crippen MR) is 106 cm³/mol. The summed E-state index contributed by atoms with van der Waals surface area (Å²) >= 11 is 0.755. The Hall–Kier alpha value is -1.89. The third kappa shape index (κ3) is 5.56. The highest BCUT2D eigenvalue weighted by molar-refractivity contribution is 7.91. The molecule has 2 aromatic rings. The van der Waals surface area contributed by atoms with Gasteiger partial charge in [0.25, 0.3) is 10.0 Å². The predicted octanol–water partition coefficient (Wildman–Crippen LogP) is 1.97. The highest BCUT2D eigenvalue weighted by atomic mass is 32.2. The Morgan fingerprint density at radius 3 is 2.21 bits per heavy atom. The van der Waals surface area contributed by atoms with Crippen LogP contribution in [0.1, 0.15) is 38.8 Å². The molecule has 0 aliphatic carbocycles. The van der Waals surface area contributed by atoms with Crippen molar-refractivity contribution in [3.63, 3.8) is 0 Å². The number of rotatable bonds is 8. The lowest BCUT2D eigenvalue weighted by atomic mass is 10.1. The normalized spacial score (nSPS) is 13.5. The van der Waals surface area contributed by atoms with Gasteiger partial charge in [0.15, 0.2) is 9.84 Å². The Morgan fingerprint density at radius 2 is 1.71 bits per heavy atom. The number of hydrogen-bond acceptors (Lipinski definition) is 8. The van der Waals surface area contributed by atoms with Crippen molar-refractivity contribution in [2.45, 2.75) is 42.5 Å². The first kappa shape index (κ1) is 22.4. The minimum atomic E-state index is -3.97. The zero-order valence-corrected chi connectivity index (χ0v) is 18.3. The molecule has 1 amide bonds. The number of nitrogens with one attached hydrogen (secondary N) is 2. The van der Waals surface area contributed by atoms with Crippen molar-refractivity contribution >= 4 is 42.2 Å². The number of anilines is 1. The van der Waals surface area contributed by atoms with Crippen molar-refractivity contribution in [2.24, 2.45) is 5.92 Å². The molecule has 0 fully saturated rings. The quantitative estimate of drug-likeness (QED) is 0.592.